The molecule has 7 heteroatoms. The van der Waals surface area contributed by atoms with Crippen molar-refractivity contribution in [3.8, 4) is 0 Å². The topological polar surface area (TPSA) is 75.3 Å². The monoisotopic (exact) mass is 191 g/mol. The third-order valence-corrected chi connectivity index (χ3v) is 2.85. The zero-order chi connectivity index (χ0) is 9.19. The number of aromatic nitrogens is 2. The highest BCUT2D eigenvalue weighted by Crippen LogP contribution is 2.06. The lowest BCUT2D eigenvalue weighted by molar-refractivity contribution is -0.0263. The van der Waals surface area contributed by atoms with Gasteiger partial charge in [-0.3, -0.25) is 4.84 Å². The number of sulfonamides is 1. The maximum atomic E-state index is 11.3. The number of nitrogens with one attached hydrogen (secondary N) is 1. The Kier molecular flexibility index (Phi) is 2.46. The van der Waals surface area contributed by atoms with Gasteiger partial charge in [0.1, 0.15) is 0 Å². The van der Waals surface area contributed by atoms with Crippen molar-refractivity contribution in [2.45, 2.75) is 5.16 Å². The maximum Gasteiger partial charge on any atom is 0.298 e. The van der Waals surface area contributed by atoms with Crippen LogP contribution in [0.1, 0.15) is 0 Å². The Balaban J connectivity index is 3.03. The van der Waals surface area contributed by atoms with E-state index < -0.39 is 10.0 Å². The van der Waals surface area contributed by atoms with Crippen LogP contribution in [0.3, 0.4) is 0 Å². The van der Waals surface area contributed by atoms with Crippen LogP contribution in [0.4, 0.5) is 0 Å². The van der Waals surface area contributed by atoms with Gasteiger partial charge >= 0.3 is 0 Å². The summed E-state index contributed by atoms with van der Waals surface area (Å²) in [6, 6.07) is 0. The molecule has 1 heterocycles. The third kappa shape index (κ3) is 1.47. The van der Waals surface area contributed by atoms with E-state index in [0.717, 1.165) is 4.47 Å². The summed E-state index contributed by atoms with van der Waals surface area (Å²) in [7, 11) is -1.05. The van der Waals surface area contributed by atoms with Crippen molar-refractivity contribution >= 4 is 10.0 Å². The van der Waals surface area contributed by atoms with Crippen molar-refractivity contribution in [3.63, 3.8) is 0 Å². The summed E-state index contributed by atoms with van der Waals surface area (Å²) in [6.45, 7) is 0. The molecule has 12 heavy (non-hydrogen) atoms. The lowest BCUT2D eigenvalue weighted by atomic mass is 11.0. The number of hydrogen-bond acceptors (Lipinski definition) is 4. The van der Waals surface area contributed by atoms with E-state index in [9.17, 15) is 8.42 Å². The molecular weight excluding hydrogens is 182 g/mol. The minimum atomic E-state index is -3.60. The second-order valence-electron chi connectivity index (χ2n) is 1.99. The van der Waals surface area contributed by atoms with E-state index in [1.54, 1.807) is 0 Å². The van der Waals surface area contributed by atoms with Gasteiger partial charge in [-0.2, -0.15) is 0 Å². The highest BCUT2D eigenvalue weighted by atomic mass is 32.2. The van der Waals surface area contributed by atoms with E-state index in [1.807, 2.05) is 0 Å². The van der Waals surface area contributed by atoms with E-state index in [4.69, 9.17) is 0 Å². The first kappa shape index (κ1) is 9.17. The molecule has 1 N–H and O–H groups in total. The minimum absolute atomic E-state index is 0.133. The average molecular weight is 191 g/mol. The second-order valence-corrected chi connectivity index (χ2v) is 3.84. The molecule has 6 nitrogen and oxygen atoms in total. The molecular formula is C5H9N3O3S. The molecule has 0 radical (unpaired) electrons. The van der Waals surface area contributed by atoms with Crippen LogP contribution in [-0.2, 0) is 14.9 Å². The zero-order valence-electron chi connectivity index (χ0n) is 6.68. The molecule has 0 atom stereocenters. The predicted octanol–water partition coefficient (Wildman–Crippen LogP) is -0.408. The SMILES string of the molecule is CON(C)S(=O)(=O)c1ncc[nH]1. The molecule has 0 aliphatic carbocycles. The molecule has 0 fully saturated rings. The van der Waals surface area contributed by atoms with E-state index >= 15 is 0 Å². The van der Waals surface area contributed by atoms with Gasteiger partial charge in [-0.05, 0) is 0 Å². The van der Waals surface area contributed by atoms with Crippen LogP contribution in [0.2, 0.25) is 0 Å². The number of H-pyrrole nitrogens is 1. The fourth-order valence-electron chi connectivity index (χ4n) is 0.612. The van der Waals surface area contributed by atoms with Crippen molar-refractivity contribution in [1.82, 2.24) is 14.4 Å². The molecule has 0 saturated carbocycles. The van der Waals surface area contributed by atoms with Crippen molar-refractivity contribution in [3.05, 3.63) is 12.4 Å². The summed E-state index contributed by atoms with van der Waals surface area (Å²) in [5, 5.41) is -0.133. The van der Waals surface area contributed by atoms with Crippen molar-refractivity contribution < 1.29 is 13.3 Å². The number of hydrogen-bond donors (Lipinski definition) is 1. The first-order chi connectivity index (χ1) is 5.59. The smallest absolute Gasteiger partial charge is 0.298 e. The summed E-state index contributed by atoms with van der Waals surface area (Å²) in [5.74, 6) is 0. The summed E-state index contributed by atoms with van der Waals surface area (Å²) < 4.78 is 23.4. The Morgan fingerprint density at radius 2 is 2.33 bits per heavy atom. The molecule has 0 amide bonds. The number of aromatic amines is 1. The van der Waals surface area contributed by atoms with Crippen LogP contribution < -0.4 is 0 Å². The Morgan fingerprint density at radius 1 is 1.67 bits per heavy atom. The van der Waals surface area contributed by atoms with Crippen molar-refractivity contribution in [1.29, 1.82) is 0 Å². The average Bonchev–Trinajstić information content (AvgIpc) is 2.55. The summed E-state index contributed by atoms with van der Waals surface area (Å²) >= 11 is 0. The quantitative estimate of drug-likeness (QED) is 0.659. The van der Waals surface area contributed by atoms with Crippen molar-refractivity contribution in [2.24, 2.45) is 0 Å². The molecule has 1 aromatic heterocycles. The predicted molar refractivity (Wildman–Crippen MR) is 40.5 cm³/mol. The lowest BCUT2D eigenvalue weighted by Gasteiger charge is -2.10. The van der Waals surface area contributed by atoms with Crippen LogP contribution in [0.15, 0.2) is 17.6 Å². The maximum absolute atomic E-state index is 11.3. The molecule has 0 spiro atoms. The number of imidazole rings is 1. The van der Waals surface area contributed by atoms with Gasteiger partial charge in [0.2, 0.25) is 5.16 Å². The molecule has 0 unspecified atom stereocenters. The fraction of sp³-hybridized carbons (Fsp3) is 0.400. The van der Waals surface area contributed by atoms with Gasteiger partial charge < -0.3 is 4.98 Å². The molecule has 1 aromatic rings. The van der Waals surface area contributed by atoms with Gasteiger partial charge in [-0.25, -0.2) is 13.4 Å². The summed E-state index contributed by atoms with van der Waals surface area (Å²) in [6.07, 6.45) is 2.78. The Labute approximate surface area is 70.2 Å². The van der Waals surface area contributed by atoms with Crippen LogP contribution in [0.5, 0.6) is 0 Å². The van der Waals surface area contributed by atoms with Crippen molar-refractivity contribution in [2.75, 3.05) is 14.2 Å². The van der Waals surface area contributed by atoms with Gasteiger partial charge in [0.25, 0.3) is 10.0 Å². The van der Waals surface area contributed by atoms with E-state index in [0.29, 0.717) is 0 Å². The molecule has 68 valence electrons. The zero-order valence-corrected chi connectivity index (χ0v) is 7.50. The normalized spacial score (nSPS) is 12.2. The van der Waals surface area contributed by atoms with E-state index in [-0.39, 0.29) is 5.16 Å². The van der Waals surface area contributed by atoms with E-state index in [1.165, 1.54) is 26.6 Å². The highest BCUT2D eigenvalue weighted by molar-refractivity contribution is 7.88. The summed E-state index contributed by atoms with van der Waals surface area (Å²) in [5.41, 5.74) is 0. The minimum Gasteiger partial charge on any atom is -0.334 e. The standard InChI is InChI=1S/C5H9N3O3S/c1-8(11-2)12(9,10)5-6-3-4-7-5/h3-4H,1-2H3,(H,6,7). The Hall–Kier alpha value is -0.920. The Bertz CT molecular complexity index is 331. The van der Waals surface area contributed by atoms with Crippen LogP contribution >= 0.6 is 0 Å². The molecule has 0 saturated heterocycles. The van der Waals surface area contributed by atoms with Crippen LogP contribution in [0.25, 0.3) is 0 Å². The number of rotatable bonds is 3. The lowest BCUT2D eigenvalue weighted by Crippen LogP contribution is -2.26. The molecule has 0 bridgehead atoms. The van der Waals surface area contributed by atoms with Crippen LogP contribution in [-0.4, -0.2) is 37.0 Å². The van der Waals surface area contributed by atoms with Crippen LogP contribution in [0, 0.1) is 0 Å². The summed E-state index contributed by atoms with van der Waals surface area (Å²) in [4.78, 5) is 10.6. The number of hydroxylamine groups is 1. The largest absolute Gasteiger partial charge is 0.334 e. The first-order valence-corrected chi connectivity index (χ1v) is 4.55. The number of nitrogens with zero attached hydrogens (tertiary/aromatic N) is 2. The van der Waals surface area contributed by atoms with Gasteiger partial charge in [-0.15, -0.1) is 0 Å². The first-order valence-electron chi connectivity index (χ1n) is 3.11. The Morgan fingerprint density at radius 3 is 2.75 bits per heavy atom. The fourth-order valence-corrected chi connectivity index (χ4v) is 1.46. The van der Waals surface area contributed by atoms with Gasteiger partial charge in [0, 0.05) is 19.4 Å². The molecule has 0 aliphatic rings. The van der Waals surface area contributed by atoms with E-state index in [2.05, 4.69) is 14.8 Å². The molecule has 0 aromatic carbocycles. The van der Waals surface area contributed by atoms with Gasteiger partial charge in [0.15, 0.2) is 0 Å². The second kappa shape index (κ2) is 3.21. The molecule has 1 rings (SSSR count). The molecule has 0 aliphatic heterocycles. The highest BCUT2D eigenvalue weighted by Gasteiger charge is 2.22. The van der Waals surface area contributed by atoms with Gasteiger partial charge in [-0.1, -0.05) is 4.47 Å². The third-order valence-electron chi connectivity index (χ3n) is 1.31. The van der Waals surface area contributed by atoms with Gasteiger partial charge in [0.05, 0.1) is 7.11 Å².